The maximum absolute atomic E-state index is 11.8. The number of benzene rings is 1. The number of thioether (sulfide) groups is 1. The molecule has 0 saturated carbocycles. The van der Waals surface area contributed by atoms with E-state index in [9.17, 15) is 4.79 Å². The highest BCUT2D eigenvalue weighted by Gasteiger charge is 2.08. The van der Waals surface area contributed by atoms with Crippen molar-refractivity contribution in [2.45, 2.75) is 11.6 Å². The first-order valence-electron chi connectivity index (χ1n) is 7.08. The van der Waals surface area contributed by atoms with Crippen LogP contribution in [0.5, 0.6) is 0 Å². The largest absolute Gasteiger partial charge is 0.310 e. The minimum Gasteiger partial charge on any atom is -0.310 e. The van der Waals surface area contributed by atoms with Crippen LogP contribution in [0.3, 0.4) is 0 Å². The van der Waals surface area contributed by atoms with Crippen LogP contribution in [0.25, 0.3) is 0 Å². The van der Waals surface area contributed by atoms with Crippen molar-refractivity contribution in [3.05, 3.63) is 66.1 Å². The van der Waals surface area contributed by atoms with Gasteiger partial charge in [-0.15, -0.1) is 5.10 Å². The Bertz CT molecular complexity index is 760. The van der Waals surface area contributed by atoms with E-state index in [0.29, 0.717) is 17.4 Å². The van der Waals surface area contributed by atoms with Gasteiger partial charge in [0.2, 0.25) is 11.1 Å². The third-order valence-corrected chi connectivity index (χ3v) is 3.84. The second-order valence-corrected chi connectivity index (χ2v) is 5.72. The third-order valence-electron chi connectivity index (χ3n) is 2.99. The van der Waals surface area contributed by atoms with Crippen LogP contribution in [0.2, 0.25) is 0 Å². The number of aromatic nitrogens is 4. The van der Waals surface area contributed by atoms with E-state index in [-0.39, 0.29) is 11.7 Å². The first-order valence-corrected chi connectivity index (χ1v) is 8.07. The van der Waals surface area contributed by atoms with Crippen molar-refractivity contribution in [2.24, 2.45) is 0 Å². The molecule has 0 aliphatic rings. The van der Waals surface area contributed by atoms with Gasteiger partial charge in [-0.05, 0) is 17.7 Å². The fourth-order valence-corrected chi connectivity index (χ4v) is 2.57. The first kappa shape index (κ1) is 15.2. The standard InChI is InChI=1S/C16H15N5OS/c22-15(18-13-8-4-5-9-17-13)11-23-16-19-14(20-21-16)10-12-6-2-1-3-7-12/h1-9H,10-11H2,(H,17,18,22)(H,19,20,21). The summed E-state index contributed by atoms with van der Waals surface area (Å²) in [6.45, 7) is 0. The first-order chi connectivity index (χ1) is 11.3. The van der Waals surface area contributed by atoms with Gasteiger partial charge in [-0.25, -0.2) is 9.97 Å². The van der Waals surface area contributed by atoms with Gasteiger partial charge in [0.25, 0.3) is 0 Å². The summed E-state index contributed by atoms with van der Waals surface area (Å²) in [6.07, 6.45) is 2.32. The Morgan fingerprint density at radius 3 is 2.74 bits per heavy atom. The SMILES string of the molecule is O=C(CSc1n[nH]c(Cc2ccccc2)n1)Nc1ccccn1. The molecule has 0 bridgehead atoms. The molecule has 2 heterocycles. The summed E-state index contributed by atoms with van der Waals surface area (Å²) < 4.78 is 0. The van der Waals surface area contributed by atoms with Crippen LogP contribution >= 0.6 is 11.8 Å². The molecule has 3 rings (SSSR count). The highest BCUT2D eigenvalue weighted by molar-refractivity contribution is 7.99. The van der Waals surface area contributed by atoms with Gasteiger partial charge in [0, 0.05) is 12.6 Å². The lowest BCUT2D eigenvalue weighted by Crippen LogP contribution is -2.14. The van der Waals surface area contributed by atoms with Crippen molar-refractivity contribution in [3.63, 3.8) is 0 Å². The predicted molar refractivity (Wildman–Crippen MR) is 89.2 cm³/mol. The number of carbonyl (C=O) groups is 1. The molecule has 1 aromatic carbocycles. The fraction of sp³-hybridized carbons (Fsp3) is 0.125. The maximum Gasteiger partial charge on any atom is 0.236 e. The molecule has 0 atom stereocenters. The zero-order valence-corrected chi connectivity index (χ0v) is 13.1. The van der Waals surface area contributed by atoms with Crippen molar-refractivity contribution in [1.29, 1.82) is 0 Å². The van der Waals surface area contributed by atoms with Crippen molar-refractivity contribution in [1.82, 2.24) is 20.2 Å². The molecule has 3 aromatic rings. The Balaban J connectivity index is 1.50. The average Bonchev–Trinajstić information content (AvgIpc) is 3.02. The molecule has 0 fully saturated rings. The molecular weight excluding hydrogens is 310 g/mol. The minimum atomic E-state index is -0.136. The Kier molecular flexibility index (Phi) is 5.00. The minimum absolute atomic E-state index is 0.136. The van der Waals surface area contributed by atoms with Crippen molar-refractivity contribution >= 4 is 23.5 Å². The smallest absolute Gasteiger partial charge is 0.236 e. The second-order valence-electron chi connectivity index (χ2n) is 4.78. The van der Waals surface area contributed by atoms with Gasteiger partial charge in [0.05, 0.1) is 5.75 Å². The van der Waals surface area contributed by atoms with Crippen LogP contribution in [-0.4, -0.2) is 31.8 Å². The molecule has 0 saturated heterocycles. The van der Waals surface area contributed by atoms with Crippen LogP contribution in [0.1, 0.15) is 11.4 Å². The maximum atomic E-state index is 11.8. The molecule has 2 aromatic heterocycles. The Morgan fingerprint density at radius 1 is 1.13 bits per heavy atom. The Morgan fingerprint density at radius 2 is 1.96 bits per heavy atom. The third kappa shape index (κ3) is 4.65. The summed E-state index contributed by atoms with van der Waals surface area (Å²) in [5.74, 6) is 1.42. The highest BCUT2D eigenvalue weighted by atomic mass is 32.2. The van der Waals surface area contributed by atoms with Gasteiger partial charge in [0.1, 0.15) is 11.6 Å². The van der Waals surface area contributed by atoms with Gasteiger partial charge < -0.3 is 5.32 Å². The molecule has 7 heteroatoms. The van der Waals surface area contributed by atoms with Crippen LogP contribution in [0.15, 0.2) is 59.9 Å². The monoisotopic (exact) mass is 325 g/mol. The van der Waals surface area contributed by atoms with Crippen LogP contribution < -0.4 is 5.32 Å². The number of nitrogens with zero attached hydrogens (tertiary/aromatic N) is 3. The molecule has 116 valence electrons. The second kappa shape index (κ2) is 7.55. The van der Waals surface area contributed by atoms with Gasteiger partial charge >= 0.3 is 0 Å². The van der Waals surface area contributed by atoms with E-state index in [1.807, 2.05) is 36.4 Å². The lowest BCUT2D eigenvalue weighted by molar-refractivity contribution is -0.113. The van der Waals surface area contributed by atoms with E-state index in [0.717, 1.165) is 11.4 Å². The van der Waals surface area contributed by atoms with Crippen LogP contribution in [0.4, 0.5) is 5.82 Å². The lowest BCUT2D eigenvalue weighted by Gasteiger charge is -2.01. The number of hydrogen-bond donors (Lipinski definition) is 2. The number of hydrogen-bond acceptors (Lipinski definition) is 5. The fourth-order valence-electron chi connectivity index (χ4n) is 1.96. The number of nitrogens with one attached hydrogen (secondary N) is 2. The lowest BCUT2D eigenvalue weighted by atomic mass is 10.1. The quantitative estimate of drug-likeness (QED) is 0.680. The molecule has 0 spiro atoms. The molecule has 0 unspecified atom stereocenters. The normalized spacial score (nSPS) is 10.4. The average molecular weight is 325 g/mol. The number of aromatic amines is 1. The van der Waals surface area contributed by atoms with Gasteiger partial charge in [0.15, 0.2) is 0 Å². The van der Waals surface area contributed by atoms with E-state index in [4.69, 9.17) is 0 Å². The highest BCUT2D eigenvalue weighted by Crippen LogP contribution is 2.14. The summed E-state index contributed by atoms with van der Waals surface area (Å²) in [5, 5.41) is 10.3. The van der Waals surface area contributed by atoms with Crippen molar-refractivity contribution in [3.8, 4) is 0 Å². The molecule has 0 aliphatic carbocycles. The van der Waals surface area contributed by atoms with Gasteiger partial charge in [-0.1, -0.05) is 48.2 Å². The van der Waals surface area contributed by atoms with E-state index in [1.54, 1.807) is 18.3 Å². The summed E-state index contributed by atoms with van der Waals surface area (Å²) in [5.41, 5.74) is 1.16. The number of H-pyrrole nitrogens is 1. The van der Waals surface area contributed by atoms with Crippen LogP contribution in [-0.2, 0) is 11.2 Å². The van der Waals surface area contributed by atoms with Gasteiger partial charge in [-0.2, -0.15) is 0 Å². The predicted octanol–water partition coefficient (Wildman–Crippen LogP) is 2.52. The van der Waals surface area contributed by atoms with Crippen molar-refractivity contribution in [2.75, 3.05) is 11.1 Å². The van der Waals surface area contributed by atoms with Gasteiger partial charge in [-0.3, -0.25) is 9.89 Å². The van der Waals surface area contributed by atoms with E-state index >= 15 is 0 Å². The molecule has 6 nitrogen and oxygen atoms in total. The molecule has 1 amide bonds. The zero-order valence-electron chi connectivity index (χ0n) is 12.3. The number of amides is 1. The summed E-state index contributed by atoms with van der Waals surface area (Å²) in [6, 6.07) is 15.4. The van der Waals surface area contributed by atoms with Crippen molar-refractivity contribution < 1.29 is 4.79 Å². The summed E-state index contributed by atoms with van der Waals surface area (Å²) in [7, 11) is 0. The Labute approximate surface area is 137 Å². The number of rotatable bonds is 6. The number of anilines is 1. The van der Waals surface area contributed by atoms with E-state index < -0.39 is 0 Å². The van der Waals surface area contributed by atoms with E-state index in [1.165, 1.54) is 11.8 Å². The molecule has 0 aliphatic heterocycles. The molecular formula is C16H15N5OS. The zero-order chi connectivity index (χ0) is 15.9. The van der Waals surface area contributed by atoms with E-state index in [2.05, 4.69) is 25.5 Å². The summed E-state index contributed by atoms with van der Waals surface area (Å²) >= 11 is 1.29. The summed E-state index contributed by atoms with van der Waals surface area (Å²) in [4.78, 5) is 20.3. The molecule has 0 radical (unpaired) electrons. The number of pyridine rings is 1. The van der Waals surface area contributed by atoms with Crippen LogP contribution in [0, 0.1) is 0 Å². The molecule has 2 N–H and O–H groups in total. The Hall–Kier alpha value is -2.67. The number of carbonyl (C=O) groups excluding carboxylic acids is 1. The topological polar surface area (TPSA) is 83.6 Å². The molecule has 23 heavy (non-hydrogen) atoms.